The van der Waals surface area contributed by atoms with Gasteiger partial charge in [0.25, 0.3) is 5.91 Å². The topological polar surface area (TPSA) is 60.5 Å². The predicted octanol–water partition coefficient (Wildman–Crippen LogP) is 2.99. The maximum absolute atomic E-state index is 12.9. The minimum atomic E-state index is -0.106. The highest BCUT2D eigenvalue weighted by atomic mass is 16.5. The van der Waals surface area contributed by atoms with E-state index in [2.05, 4.69) is 9.55 Å². The first-order chi connectivity index (χ1) is 11.7. The lowest BCUT2D eigenvalue weighted by Crippen LogP contribution is -2.41. The van der Waals surface area contributed by atoms with E-state index in [0.29, 0.717) is 25.5 Å². The van der Waals surface area contributed by atoms with Crippen molar-refractivity contribution in [2.24, 2.45) is 0 Å². The lowest BCUT2D eigenvalue weighted by atomic mass is 10.2. The van der Waals surface area contributed by atoms with Gasteiger partial charge in [-0.3, -0.25) is 4.79 Å². The van der Waals surface area contributed by atoms with Gasteiger partial charge in [0, 0.05) is 25.6 Å². The molecule has 0 saturated heterocycles. The first-order valence-electron chi connectivity index (χ1n) is 8.02. The number of amides is 1. The molecule has 1 amide bonds. The molecule has 0 fully saturated rings. The number of carbonyl (C=O) groups is 1. The van der Waals surface area contributed by atoms with Crippen LogP contribution in [0.1, 0.15) is 35.0 Å². The minimum absolute atomic E-state index is 0.0961. The van der Waals surface area contributed by atoms with Gasteiger partial charge in [-0.25, -0.2) is 4.98 Å². The normalized spacial score (nSPS) is 17.2. The molecule has 0 bridgehead atoms. The van der Waals surface area contributed by atoms with Crippen LogP contribution in [-0.4, -0.2) is 34.0 Å². The number of aromatic nitrogens is 2. The third-order valence-electron chi connectivity index (χ3n) is 4.56. The Labute approximate surface area is 139 Å². The lowest BCUT2D eigenvalue weighted by Gasteiger charge is -2.33. The molecule has 0 aliphatic carbocycles. The maximum atomic E-state index is 12.9. The SMILES string of the molecule is COCc1cnc2n1CCN(C(=O)c1cc3ccccc3o1)C2C. The minimum Gasteiger partial charge on any atom is -0.451 e. The van der Waals surface area contributed by atoms with Crippen molar-refractivity contribution in [3.8, 4) is 0 Å². The Balaban J connectivity index is 1.63. The summed E-state index contributed by atoms with van der Waals surface area (Å²) in [5.74, 6) is 1.17. The molecule has 0 N–H and O–H groups in total. The van der Waals surface area contributed by atoms with Crippen LogP contribution in [0.4, 0.5) is 0 Å². The second-order valence-corrected chi connectivity index (χ2v) is 6.02. The maximum Gasteiger partial charge on any atom is 0.290 e. The molecule has 1 aliphatic heterocycles. The number of imidazole rings is 1. The Morgan fingerprint density at radius 1 is 1.38 bits per heavy atom. The molecule has 3 aromatic rings. The van der Waals surface area contributed by atoms with Gasteiger partial charge in [0.1, 0.15) is 11.4 Å². The van der Waals surface area contributed by atoms with Gasteiger partial charge in [-0.15, -0.1) is 0 Å². The zero-order valence-electron chi connectivity index (χ0n) is 13.7. The zero-order valence-corrected chi connectivity index (χ0v) is 13.7. The Bertz CT molecular complexity index is 863. The Kier molecular flexibility index (Phi) is 3.61. The van der Waals surface area contributed by atoms with Crippen LogP contribution in [0.25, 0.3) is 11.0 Å². The van der Waals surface area contributed by atoms with Crippen molar-refractivity contribution in [3.63, 3.8) is 0 Å². The molecule has 0 saturated carbocycles. The summed E-state index contributed by atoms with van der Waals surface area (Å²) in [4.78, 5) is 19.2. The highest BCUT2D eigenvalue weighted by molar-refractivity contribution is 5.96. The van der Waals surface area contributed by atoms with Crippen molar-refractivity contribution in [2.45, 2.75) is 26.1 Å². The van der Waals surface area contributed by atoms with Crippen LogP contribution in [0.5, 0.6) is 0 Å². The highest BCUT2D eigenvalue weighted by Crippen LogP contribution is 2.28. The van der Waals surface area contributed by atoms with Gasteiger partial charge in [0.05, 0.1) is 24.5 Å². The van der Waals surface area contributed by atoms with E-state index in [1.807, 2.05) is 48.4 Å². The van der Waals surface area contributed by atoms with Gasteiger partial charge in [-0.2, -0.15) is 0 Å². The molecule has 24 heavy (non-hydrogen) atoms. The first kappa shape index (κ1) is 15.0. The molecule has 124 valence electrons. The summed E-state index contributed by atoms with van der Waals surface area (Å²) < 4.78 is 13.1. The number of fused-ring (bicyclic) bond motifs is 2. The van der Waals surface area contributed by atoms with E-state index >= 15 is 0 Å². The number of hydrogen-bond acceptors (Lipinski definition) is 4. The monoisotopic (exact) mass is 325 g/mol. The summed E-state index contributed by atoms with van der Waals surface area (Å²) in [5, 5.41) is 0.939. The summed E-state index contributed by atoms with van der Waals surface area (Å²) in [5.41, 5.74) is 1.77. The van der Waals surface area contributed by atoms with Gasteiger partial charge >= 0.3 is 0 Å². The molecule has 6 heteroatoms. The summed E-state index contributed by atoms with van der Waals surface area (Å²) in [6, 6.07) is 9.35. The quantitative estimate of drug-likeness (QED) is 0.743. The standard InChI is InChI=1S/C18H19N3O3/c1-12-17-19-10-14(11-23-2)21(17)8-7-20(12)18(22)16-9-13-5-3-4-6-15(13)24-16/h3-6,9-10,12H,7-8,11H2,1-2H3. The number of nitrogens with zero attached hydrogens (tertiary/aromatic N) is 3. The number of methoxy groups -OCH3 is 1. The Morgan fingerprint density at radius 2 is 2.21 bits per heavy atom. The zero-order chi connectivity index (χ0) is 16.7. The van der Waals surface area contributed by atoms with Gasteiger partial charge in [0.2, 0.25) is 0 Å². The van der Waals surface area contributed by atoms with E-state index in [-0.39, 0.29) is 11.9 Å². The van der Waals surface area contributed by atoms with Crippen LogP contribution in [0, 0.1) is 0 Å². The number of hydrogen-bond donors (Lipinski definition) is 0. The van der Waals surface area contributed by atoms with E-state index in [4.69, 9.17) is 9.15 Å². The molecule has 1 unspecified atom stereocenters. The largest absolute Gasteiger partial charge is 0.451 e. The van der Waals surface area contributed by atoms with E-state index in [1.54, 1.807) is 7.11 Å². The van der Waals surface area contributed by atoms with Gasteiger partial charge in [-0.05, 0) is 19.1 Å². The summed E-state index contributed by atoms with van der Waals surface area (Å²) in [6.07, 6.45) is 1.82. The second kappa shape index (κ2) is 5.79. The fraction of sp³-hybridized carbons (Fsp3) is 0.333. The Morgan fingerprint density at radius 3 is 3.00 bits per heavy atom. The molecule has 0 radical (unpaired) electrons. The fourth-order valence-electron chi connectivity index (χ4n) is 3.33. The fourth-order valence-corrected chi connectivity index (χ4v) is 3.33. The summed E-state index contributed by atoms with van der Waals surface area (Å²) in [7, 11) is 1.67. The van der Waals surface area contributed by atoms with Crippen molar-refractivity contribution in [3.05, 3.63) is 53.8 Å². The Hall–Kier alpha value is -2.60. The molecule has 3 heterocycles. The number of para-hydroxylation sites is 1. The van der Waals surface area contributed by atoms with Gasteiger partial charge in [0.15, 0.2) is 5.76 Å². The molecule has 1 atom stereocenters. The average Bonchev–Trinajstić information content (AvgIpc) is 3.20. The van der Waals surface area contributed by atoms with Crippen LogP contribution >= 0.6 is 0 Å². The lowest BCUT2D eigenvalue weighted by molar-refractivity contribution is 0.0602. The number of carbonyl (C=O) groups excluding carboxylic acids is 1. The molecule has 1 aromatic carbocycles. The van der Waals surface area contributed by atoms with E-state index in [9.17, 15) is 4.79 Å². The van der Waals surface area contributed by atoms with Crippen LogP contribution in [0.15, 0.2) is 40.9 Å². The summed E-state index contributed by atoms with van der Waals surface area (Å²) in [6.45, 7) is 3.85. The molecule has 4 rings (SSSR count). The van der Waals surface area contributed by atoms with Crippen LogP contribution in [-0.2, 0) is 17.9 Å². The van der Waals surface area contributed by atoms with Crippen LogP contribution < -0.4 is 0 Å². The summed E-state index contributed by atoms with van der Waals surface area (Å²) >= 11 is 0. The molecule has 6 nitrogen and oxygen atoms in total. The second-order valence-electron chi connectivity index (χ2n) is 6.02. The van der Waals surface area contributed by atoms with E-state index in [0.717, 1.165) is 22.5 Å². The van der Waals surface area contributed by atoms with Crippen LogP contribution in [0.2, 0.25) is 0 Å². The van der Waals surface area contributed by atoms with Gasteiger partial charge < -0.3 is 18.6 Å². The van der Waals surface area contributed by atoms with Crippen molar-refractivity contribution in [1.29, 1.82) is 0 Å². The molecule has 2 aromatic heterocycles. The number of rotatable bonds is 3. The molecule has 0 spiro atoms. The first-order valence-corrected chi connectivity index (χ1v) is 8.02. The number of furan rings is 1. The van der Waals surface area contributed by atoms with Gasteiger partial charge in [-0.1, -0.05) is 18.2 Å². The van der Waals surface area contributed by atoms with Crippen molar-refractivity contribution >= 4 is 16.9 Å². The van der Waals surface area contributed by atoms with Crippen molar-refractivity contribution in [2.75, 3.05) is 13.7 Å². The van der Waals surface area contributed by atoms with Crippen molar-refractivity contribution in [1.82, 2.24) is 14.5 Å². The van der Waals surface area contributed by atoms with E-state index in [1.165, 1.54) is 0 Å². The third-order valence-corrected chi connectivity index (χ3v) is 4.56. The van der Waals surface area contributed by atoms with Crippen LogP contribution in [0.3, 0.4) is 0 Å². The predicted molar refractivity (Wildman–Crippen MR) is 88.6 cm³/mol. The number of ether oxygens (including phenoxy) is 1. The molecular weight excluding hydrogens is 306 g/mol. The van der Waals surface area contributed by atoms with Crippen molar-refractivity contribution < 1.29 is 13.9 Å². The third kappa shape index (κ3) is 2.30. The molecule has 1 aliphatic rings. The average molecular weight is 325 g/mol. The molecular formula is C18H19N3O3. The highest BCUT2D eigenvalue weighted by Gasteiger charge is 2.32. The number of benzene rings is 1. The smallest absolute Gasteiger partial charge is 0.290 e. The van der Waals surface area contributed by atoms with E-state index < -0.39 is 0 Å².